The maximum Gasteiger partial charge on any atom is 0.220 e. The third-order valence-electron chi connectivity index (χ3n) is 4.40. The smallest absolute Gasteiger partial charge is 0.220 e. The molecule has 6 atom stereocenters. The van der Waals surface area contributed by atoms with Crippen LogP contribution in [0.3, 0.4) is 0 Å². The average molecular weight is 338 g/mol. The van der Waals surface area contributed by atoms with Crippen LogP contribution in [0, 0.1) is 5.92 Å². The molecule has 0 unspecified atom stereocenters. The molecule has 4 nitrogen and oxygen atoms in total. The fourth-order valence-corrected chi connectivity index (χ4v) is 3.53. The Morgan fingerprint density at radius 1 is 1.23 bits per heavy atom. The molecule has 2 aliphatic heterocycles. The predicted molar refractivity (Wildman–Crippen MR) is 87.8 cm³/mol. The van der Waals surface area contributed by atoms with Crippen molar-refractivity contribution < 1.29 is 18.9 Å². The van der Waals surface area contributed by atoms with Gasteiger partial charge in [0.1, 0.15) is 18.3 Å². The SMILES string of the molecule is CSC(=S)O[C@@H]1[C@@H]2C[C@@H]2O[C@@H]2CO[C@H](c3ccccc3)O[C@@H]12. The van der Waals surface area contributed by atoms with Crippen LogP contribution in [0.2, 0.25) is 0 Å². The lowest BCUT2D eigenvalue weighted by Crippen LogP contribution is -2.54. The van der Waals surface area contributed by atoms with Gasteiger partial charge in [0.2, 0.25) is 4.38 Å². The van der Waals surface area contributed by atoms with E-state index in [9.17, 15) is 0 Å². The van der Waals surface area contributed by atoms with Gasteiger partial charge in [0.15, 0.2) is 6.29 Å². The largest absolute Gasteiger partial charge is 0.472 e. The van der Waals surface area contributed by atoms with E-state index in [1.165, 1.54) is 11.8 Å². The molecule has 6 heteroatoms. The van der Waals surface area contributed by atoms with Gasteiger partial charge < -0.3 is 18.9 Å². The molecule has 0 N–H and O–H groups in total. The summed E-state index contributed by atoms with van der Waals surface area (Å²) < 4.78 is 24.6. The minimum Gasteiger partial charge on any atom is -0.472 e. The van der Waals surface area contributed by atoms with Gasteiger partial charge in [-0.15, -0.1) is 0 Å². The van der Waals surface area contributed by atoms with Crippen LogP contribution in [-0.2, 0) is 18.9 Å². The van der Waals surface area contributed by atoms with Gasteiger partial charge in [-0.05, 0) is 24.9 Å². The number of thioether (sulfide) groups is 1. The molecule has 3 fully saturated rings. The Balaban J connectivity index is 1.52. The van der Waals surface area contributed by atoms with Crippen LogP contribution >= 0.6 is 24.0 Å². The maximum atomic E-state index is 6.19. The zero-order chi connectivity index (χ0) is 15.1. The summed E-state index contributed by atoms with van der Waals surface area (Å²) in [7, 11) is 0. The van der Waals surface area contributed by atoms with E-state index in [1.807, 2.05) is 36.6 Å². The van der Waals surface area contributed by atoms with Gasteiger partial charge in [-0.25, -0.2) is 0 Å². The number of ether oxygens (including phenoxy) is 4. The Kier molecular flexibility index (Phi) is 4.13. The molecule has 1 aromatic carbocycles. The molecule has 4 rings (SSSR count). The summed E-state index contributed by atoms with van der Waals surface area (Å²) in [4.78, 5) is 0. The van der Waals surface area contributed by atoms with Crippen molar-refractivity contribution in [3.8, 4) is 0 Å². The summed E-state index contributed by atoms with van der Waals surface area (Å²) in [5, 5.41) is 0. The Morgan fingerprint density at radius 3 is 2.82 bits per heavy atom. The van der Waals surface area contributed by atoms with Crippen molar-refractivity contribution in [2.45, 2.75) is 37.1 Å². The third kappa shape index (κ3) is 2.78. The van der Waals surface area contributed by atoms with E-state index in [0.29, 0.717) is 16.9 Å². The monoisotopic (exact) mass is 338 g/mol. The molecule has 118 valence electrons. The molecule has 2 heterocycles. The summed E-state index contributed by atoms with van der Waals surface area (Å²) in [5.74, 6) is 0.390. The molecular formula is C16H18O4S2. The van der Waals surface area contributed by atoms with Gasteiger partial charge in [-0.1, -0.05) is 42.1 Å². The molecule has 3 aliphatic rings. The summed E-state index contributed by atoms with van der Waals surface area (Å²) in [6, 6.07) is 9.98. The Morgan fingerprint density at radius 2 is 2.05 bits per heavy atom. The van der Waals surface area contributed by atoms with Gasteiger partial charge >= 0.3 is 0 Å². The normalized spacial score (nSPS) is 39.5. The first-order chi connectivity index (χ1) is 10.8. The number of benzene rings is 1. The van der Waals surface area contributed by atoms with E-state index < -0.39 is 0 Å². The molecule has 0 aromatic heterocycles. The molecule has 1 saturated carbocycles. The Bertz CT molecular complexity index is 552. The number of rotatable bonds is 2. The highest BCUT2D eigenvalue weighted by Gasteiger charge is 2.58. The molecule has 0 amide bonds. The molecule has 0 spiro atoms. The van der Waals surface area contributed by atoms with E-state index in [2.05, 4.69) is 0 Å². The average Bonchev–Trinajstić information content (AvgIpc) is 3.34. The molecule has 0 radical (unpaired) electrons. The highest BCUT2D eigenvalue weighted by molar-refractivity contribution is 8.22. The van der Waals surface area contributed by atoms with Gasteiger partial charge in [-0.2, -0.15) is 0 Å². The van der Waals surface area contributed by atoms with Gasteiger partial charge in [0.05, 0.1) is 12.7 Å². The maximum absolute atomic E-state index is 6.19. The van der Waals surface area contributed by atoms with E-state index in [4.69, 9.17) is 31.2 Å². The molecule has 0 bridgehead atoms. The topological polar surface area (TPSA) is 36.9 Å². The number of hydrogen-bond acceptors (Lipinski definition) is 6. The first-order valence-electron chi connectivity index (χ1n) is 7.48. The second kappa shape index (κ2) is 6.09. The van der Waals surface area contributed by atoms with Crippen molar-refractivity contribution in [3.63, 3.8) is 0 Å². The van der Waals surface area contributed by atoms with Crippen molar-refractivity contribution >= 4 is 28.4 Å². The Hall–Kier alpha value is -0.660. The minimum atomic E-state index is -0.365. The first kappa shape index (κ1) is 14.9. The van der Waals surface area contributed by atoms with Crippen LogP contribution in [0.4, 0.5) is 0 Å². The molecular weight excluding hydrogens is 320 g/mol. The van der Waals surface area contributed by atoms with Gasteiger partial charge in [-0.3, -0.25) is 0 Å². The van der Waals surface area contributed by atoms with E-state index in [0.717, 1.165) is 12.0 Å². The fraction of sp³-hybridized carbons (Fsp3) is 0.562. The van der Waals surface area contributed by atoms with Crippen LogP contribution in [0.15, 0.2) is 30.3 Å². The van der Waals surface area contributed by atoms with Crippen molar-refractivity contribution in [1.29, 1.82) is 0 Å². The van der Waals surface area contributed by atoms with Crippen LogP contribution in [0.1, 0.15) is 18.3 Å². The second-order valence-electron chi connectivity index (χ2n) is 5.83. The van der Waals surface area contributed by atoms with Gasteiger partial charge in [0, 0.05) is 11.5 Å². The van der Waals surface area contributed by atoms with Crippen molar-refractivity contribution in [2.24, 2.45) is 5.92 Å². The van der Waals surface area contributed by atoms with Crippen LogP contribution in [0.5, 0.6) is 0 Å². The lowest BCUT2D eigenvalue weighted by Gasteiger charge is -2.42. The zero-order valence-electron chi connectivity index (χ0n) is 12.2. The summed E-state index contributed by atoms with van der Waals surface area (Å²) in [6.45, 7) is 0.527. The molecule has 1 aliphatic carbocycles. The molecule has 22 heavy (non-hydrogen) atoms. The Labute approximate surface area is 139 Å². The molecule has 2 saturated heterocycles. The standard InChI is InChI=1S/C16H18O4S2/c1-22-16(21)20-13-10-7-11(10)18-12-8-17-15(19-14(12)13)9-5-3-2-4-6-9/h2-6,10-15H,7-8H2,1H3/t10-,11+,12-,13-,14-,15+/m1/s1. The fourth-order valence-electron chi connectivity index (χ4n) is 3.21. The molecule has 1 aromatic rings. The number of hydrogen-bond donors (Lipinski definition) is 0. The highest BCUT2D eigenvalue weighted by Crippen LogP contribution is 2.48. The highest BCUT2D eigenvalue weighted by atomic mass is 32.2. The minimum absolute atomic E-state index is 0.0289. The number of fused-ring (bicyclic) bond motifs is 2. The zero-order valence-corrected chi connectivity index (χ0v) is 13.8. The summed E-state index contributed by atoms with van der Waals surface area (Å²) in [5.41, 5.74) is 1.02. The van der Waals surface area contributed by atoms with Crippen LogP contribution in [-0.4, -0.2) is 41.7 Å². The lowest BCUT2D eigenvalue weighted by molar-refractivity contribution is -0.298. The summed E-state index contributed by atoms with van der Waals surface area (Å²) in [6.07, 6.45) is 2.63. The predicted octanol–water partition coefficient (Wildman–Crippen LogP) is 2.92. The van der Waals surface area contributed by atoms with Crippen molar-refractivity contribution in [1.82, 2.24) is 0 Å². The van der Waals surface area contributed by atoms with E-state index in [-0.39, 0.29) is 30.7 Å². The van der Waals surface area contributed by atoms with Crippen molar-refractivity contribution in [2.75, 3.05) is 12.9 Å². The second-order valence-corrected chi connectivity index (χ2v) is 7.23. The lowest BCUT2D eigenvalue weighted by atomic mass is 10.00. The quantitative estimate of drug-likeness (QED) is 0.772. The summed E-state index contributed by atoms with van der Waals surface area (Å²) >= 11 is 6.69. The van der Waals surface area contributed by atoms with Crippen LogP contribution in [0.25, 0.3) is 0 Å². The van der Waals surface area contributed by atoms with Gasteiger partial charge in [0.25, 0.3) is 0 Å². The van der Waals surface area contributed by atoms with Crippen molar-refractivity contribution in [3.05, 3.63) is 35.9 Å². The van der Waals surface area contributed by atoms with E-state index in [1.54, 1.807) is 0 Å². The van der Waals surface area contributed by atoms with E-state index >= 15 is 0 Å². The van der Waals surface area contributed by atoms with Crippen LogP contribution < -0.4 is 0 Å². The third-order valence-corrected chi connectivity index (χ3v) is 5.43. The first-order valence-corrected chi connectivity index (χ1v) is 9.11. The number of thiocarbonyl (C=S) groups is 1.